The van der Waals surface area contributed by atoms with Crippen LogP contribution in [0.1, 0.15) is 32.1 Å². The third kappa shape index (κ3) is 4.13. The normalized spacial score (nSPS) is 40.9. The third-order valence-corrected chi connectivity index (χ3v) is 7.23. The molecule has 3 saturated heterocycles. The molecule has 7 nitrogen and oxygen atoms in total. The van der Waals surface area contributed by atoms with Crippen LogP contribution in [0, 0.1) is 11.8 Å². The van der Waals surface area contributed by atoms with E-state index in [0.29, 0.717) is 32.5 Å². The van der Waals surface area contributed by atoms with Crippen molar-refractivity contribution in [1.82, 2.24) is 31.7 Å². The van der Waals surface area contributed by atoms with Gasteiger partial charge in [0.2, 0.25) is 0 Å². The van der Waals surface area contributed by atoms with Gasteiger partial charge in [0.15, 0.2) is 0 Å². The van der Waals surface area contributed by atoms with Gasteiger partial charge in [0.05, 0.1) is 12.0 Å². The highest BCUT2D eigenvalue weighted by atomic mass is 35.5. The highest BCUT2D eigenvalue weighted by Crippen LogP contribution is 2.42. The average Bonchev–Trinajstić information content (AvgIpc) is 3.06. The molecule has 0 aromatic heterocycles. The first-order valence-corrected chi connectivity index (χ1v) is 10.5. The standard InChI is InChI=1S/C17H28ClF3N6O/c18-15-14(7-22-24-16(15)28)26-6-5-13-12(9-26)23-25-27(13)8-10-3-1-2-4-11(10)17(19,20)21/h10-15,22-23,25H,1-9H2,(H,24,28). The number of hydrazine groups is 3. The van der Waals surface area contributed by atoms with Gasteiger partial charge in [0.25, 0.3) is 5.91 Å². The Kier molecular flexibility index (Phi) is 6.06. The van der Waals surface area contributed by atoms with E-state index in [1.807, 2.05) is 5.01 Å². The van der Waals surface area contributed by atoms with Gasteiger partial charge in [-0.25, -0.2) is 15.9 Å². The number of rotatable bonds is 3. The third-order valence-electron chi connectivity index (χ3n) is 6.74. The van der Waals surface area contributed by atoms with Crippen LogP contribution in [0.4, 0.5) is 13.2 Å². The van der Waals surface area contributed by atoms with Crippen molar-refractivity contribution in [2.45, 2.75) is 61.8 Å². The summed E-state index contributed by atoms with van der Waals surface area (Å²) >= 11 is 6.28. The van der Waals surface area contributed by atoms with Crippen molar-refractivity contribution in [3.63, 3.8) is 0 Å². The molecule has 3 heterocycles. The van der Waals surface area contributed by atoms with Crippen LogP contribution in [0.25, 0.3) is 0 Å². The molecule has 6 unspecified atom stereocenters. The molecule has 1 saturated carbocycles. The molecule has 1 amide bonds. The highest BCUT2D eigenvalue weighted by Gasteiger charge is 2.48. The van der Waals surface area contributed by atoms with Crippen LogP contribution in [0.15, 0.2) is 0 Å². The molecule has 3 aliphatic heterocycles. The molecule has 0 spiro atoms. The number of halogens is 4. The molecule has 0 bridgehead atoms. The van der Waals surface area contributed by atoms with Gasteiger partial charge in [0, 0.05) is 38.3 Å². The lowest BCUT2D eigenvalue weighted by Crippen LogP contribution is -2.65. The topological polar surface area (TPSA) is 71.7 Å². The monoisotopic (exact) mass is 424 g/mol. The van der Waals surface area contributed by atoms with Crippen LogP contribution < -0.4 is 21.8 Å². The fraction of sp³-hybridized carbons (Fsp3) is 0.941. The number of carbonyl (C=O) groups is 1. The first-order chi connectivity index (χ1) is 13.3. The Hall–Kier alpha value is -0.650. The van der Waals surface area contributed by atoms with E-state index >= 15 is 0 Å². The Morgan fingerprint density at radius 3 is 2.71 bits per heavy atom. The number of piperidine rings is 1. The van der Waals surface area contributed by atoms with E-state index in [2.05, 4.69) is 26.7 Å². The molecule has 6 atom stereocenters. The van der Waals surface area contributed by atoms with Crippen LogP contribution in [0.3, 0.4) is 0 Å². The molecule has 4 N–H and O–H groups in total. The second kappa shape index (κ2) is 8.23. The van der Waals surface area contributed by atoms with Gasteiger partial charge in [0.1, 0.15) is 5.38 Å². The minimum absolute atomic E-state index is 0.0931. The summed E-state index contributed by atoms with van der Waals surface area (Å²) in [5.74, 6) is -1.79. The Balaban J connectivity index is 1.36. The van der Waals surface area contributed by atoms with Gasteiger partial charge in [-0.05, 0) is 25.2 Å². The molecule has 4 fully saturated rings. The Morgan fingerprint density at radius 1 is 1.14 bits per heavy atom. The zero-order valence-electron chi connectivity index (χ0n) is 15.6. The largest absolute Gasteiger partial charge is 0.392 e. The van der Waals surface area contributed by atoms with Gasteiger partial charge in [-0.3, -0.25) is 15.1 Å². The maximum absolute atomic E-state index is 13.4. The summed E-state index contributed by atoms with van der Waals surface area (Å²) in [6.45, 7) is 2.44. The minimum atomic E-state index is -4.12. The van der Waals surface area contributed by atoms with E-state index in [-0.39, 0.29) is 36.4 Å². The van der Waals surface area contributed by atoms with E-state index in [1.54, 1.807) is 0 Å². The number of nitrogens with one attached hydrogen (secondary N) is 4. The van der Waals surface area contributed by atoms with E-state index in [0.717, 1.165) is 19.4 Å². The Morgan fingerprint density at radius 2 is 1.93 bits per heavy atom. The number of amides is 1. The molecule has 11 heteroatoms. The highest BCUT2D eigenvalue weighted by molar-refractivity contribution is 6.31. The molecular weight excluding hydrogens is 397 g/mol. The lowest BCUT2D eigenvalue weighted by molar-refractivity contribution is -0.199. The second-order valence-electron chi connectivity index (χ2n) is 8.40. The van der Waals surface area contributed by atoms with Crippen molar-refractivity contribution in [2.24, 2.45) is 11.8 Å². The van der Waals surface area contributed by atoms with Gasteiger partial charge in [-0.2, -0.15) is 18.7 Å². The maximum Gasteiger partial charge on any atom is 0.392 e. The SMILES string of the molecule is O=C1NNCC(N2CCC3C(C2)NNN3CC2CCCCC2C(F)(F)F)C1Cl. The molecule has 160 valence electrons. The van der Waals surface area contributed by atoms with Crippen LogP contribution in [-0.2, 0) is 4.79 Å². The number of carbonyl (C=O) groups excluding carboxylic acids is 1. The van der Waals surface area contributed by atoms with Crippen LogP contribution >= 0.6 is 11.6 Å². The summed E-state index contributed by atoms with van der Waals surface area (Å²) < 4.78 is 40.2. The summed E-state index contributed by atoms with van der Waals surface area (Å²) in [6.07, 6.45) is -0.904. The van der Waals surface area contributed by atoms with E-state index in [4.69, 9.17) is 11.6 Å². The predicted octanol–water partition coefficient (Wildman–Crippen LogP) is 0.733. The molecule has 28 heavy (non-hydrogen) atoms. The van der Waals surface area contributed by atoms with Crippen LogP contribution in [0.2, 0.25) is 0 Å². The van der Waals surface area contributed by atoms with Crippen molar-refractivity contribution in [1.29, 1.82) is 0 Å². The number of fused-ring (bicyclic) bond motifs is 1. The first kappa shape index (κ1) is 20.6. The number of nitrogens with zero attached hydrogens (tertiary/aromatic N) is 2. The lowest BCUT2D eigenvalue weighted by Gasteiger charge is -2.43. The summed E-state index contributed by atoms with van der Waals surface area (Å²) in [6, 6.07) is 0.141. The van der Waals surface area contributed by atoms with Crippen molar-refractivity contribution in [3.8, 4) is 0 Å². The van der Waals surface area contributed by atoms with Crippen LogP contribution in [-0.4, -0.2) is 71.7 Å². The number of likely N-dealkylation sites (tertiary alicyclic amines) is 1. The van der Waals surface area contributed by atoms with Crippen molar-refractivity contribution < 1.29 is 18.0 Å². The number of hydrogen-bond acceptors (Lipinski definition) is 6. The fourth-order valence-electron chi connectivity index (χ4n) is 5.22. The fourth-order valence-corrected chi connectivity index (χ4v) is 5.53. The van der Waals surface area contributed by atoms with Crippen molar-refractivity contribution in [2.75, 3.05) is 26.2 Å². The quantitative estimate of drug-likeness (QED) is 0.501. The summed E-state index contributed by atoms with van der Waals surface area (Å²) in [5, 5.41) is 1.36. The molecular formula is C17H28ClF3N6O. The number of alkyl halides is 4. The average molecular weight is 425 g/mol. The van der Waals surface area contributed by atoms with E-state index in [9.17, 15) is 18.0 Å². The molecule has 0 radical (unpaired) electrons. The molecule has 4 rings (SSSR count). The van der Waals surface area contributed by atoms with Gasteiger partial charge < -0.3 is 0 Å². The van der Waals surface area contributed by atoms with Gasteiger partial charge in [-0.15, -0.1) is 11.6 Å². The second-order valence-corrected chi connectivity index (χ2v) is 8.87. The first-order valence-electron chi connectivity index (χ1n) is 10.1. The van der Waals surface area contributed by atoms with E-state index in [1.165, 1.54) is 0 Å². The zero-order valence-corrected chi connectivity index (χ0v) is 16.4. The minimum Gasteiger partial charge on any atom is -0.295 e. The van der Waals surface area contributed by atoms with Crippen LogP contribution in [0.5, 0.6) is 0 Å². The Bertz CT molecular complexity index is 582. The summed E-state index contributed by atoms with van der Waals surface area (Å²) in [4.78, 5) is 14.0. The summed E-state index contributed by atoms with van der Waals surface area (Å²) in [5.41, 5.74) is 11.8. The molecule has 0 aromatic rings. The Labute approximate surface area is 167 Å². The number of hydrogen-bond donors (Lipinski definition) is 4. The maximum atomic E-state index is 13.4. The molecule has 0 aromatic carbocycles. The van der Waals surface area contributed by atoms with Gasteiger partial charge >= 0.3 is 6.18 Å². The predicted molar refractivity (Wildman–Crippen MR) is 97.8 cm³/mol. The smallest absolute Gasteiger partial charge is 0.295 e. The molecule has 4 aliphatic rings. The zero-order chi connectivity index (χ0) is 19.9. The van der Waals surface area contributed by atoms with E-state index < -0.39 is 17.5 Å². The van der Waals surface area contributed by atoms with Crippen molar-refractivity contribution >= 4 is 17.5 Å². The lowest BCUT2D eigenvalue weighted by atomic mass is 9.78. The molecule has 1 aliphatic carbocycles. The van der Waals surface area contributed by atoms with Gasteiger partial charge in [-0.1, -0.05) is 12.8 Å². The summed E-state index contributed by atoms with van der Waals surface area (Å²) in [7, 11) is 0. The van der Waals surface area contributed by atoms with Crippen molar-refractivity contribution in [3.05, 3.63) is 0 Å².